The first-order chi connectivity index (χ1) is 6.06. The van der Waals surface area contributed by atoms with Crippen molar-refractivity contribution in [3.63, 3.8) is 0 Å². The Morgan fingerprint density at radius 2 is 2.23 bits per heavy atom. The van der Waals surface area contributed by atoms with Crippen LogP contribution in [0.3, 0.4) is 0 Å². The fourth-order valence-electron chi connectivity index (χ4n) is 2.50. The summed E-state index contributed by atoms with van der Waals surface area (Å²) in [6.45, 7) is 6.44. The summed E-state index contributed by atoms with van der Waals surface area (Å²) >= 11 is 0. The summed E-state index contributed by atoms with van der Waals surface area (Å²) < 4.78 is 0. The van der Waals surface area contributed by atoms with E-state index in [1.807, 2.05) is 0 Å². The number of rotatable bonds is 1. The molecule has 4 unspecified atom stereocenters. The van der Waals surface area contributed by atoms with Crippen LogP contribution in [0.25, 0.3) is 0 Å². The van der Waals surface area contributed by atoms with Crippen molar-refractivity contribution in [2.24, 2.45) is 17.8 Å². The van der Waals surface area contributed by atoms with Gasteiger partial charge in [0.15, 0.2) is 0 Å². The topological polar surface area (TPSA) is 20.2 Å². The molecule has 1 aliphatic rings. The molecule has 0 amide bonds. The van der Waals surface area contributed by atoms with Gasteiger partial charge in [0.05, 0.1) is 0 Å². The first-order valence-corrected chi connectivity index (χ1v) is 4.87. The summed E-state index contributed by atoms with van der Waals surface area (Å²) in [5.41, 5.74) is 1.42. The molecule has 0 bridgehead atoms. The Labute approximate surface area is 80.9 Å². The van der Waals surface area contributed by atoms with Gasteiger partial charge in [-0.2, -0.15) is 0 Å². The molecule has 4 atom stereocenters. The van der Waals surface area contributed by atoms with Crippen LogP contribution in [0, 0.1) is 30.1 Å². The molecule has 0 aliphatic heterocycles. The van der Waals surface area contributed by atoms with Crippen LogP contribution in [0.15, 0.2) is 11.6 Å². The third-order valence-electron chi connectivity index (χ3n) is 2.99. The SMILES string of the molecule is C#CC(O)C1C(C)C=C(C)CC1C. The van der Waals surface area contributed by atoms with Crippen LogP contribution >= 0.6 is 0 Å². The van der Waals surface area contributed by atoms with Crippen LogP contribution in [-0.4, -0.2) is 11.2 Å². The second-order valence-electron chi connectivity index (χ2n) is 4.24. The van der Waals surface area contributed by atoms with E-state index in [0.29, 0.717) is 11.8 Å². The Kier molecular flexibility index (Phi) is 3.17. The molecule has 72 valence electrons. The standard InChI is InChI=1S/C12H18O/c1-5-11(13)12-9(3)6-8(2)7-10(12)4/h1,6,9-13H,7H2,2-4H3. The van der Waals surface area contributed by atoms with Gasteiger partial charge in [-0.1, -0.05) is 31.4 Å². The van der Waals surface area contributed by atoms with E-state index >= 15 is 0 Å². The van der Waals surface area contributed by atoms with Gasteiger partial charge in [-0.3, -0.25) is 0 Å². The van der Waals surface area contributed by atoms with Crippen LogP contribution in [-0.2, 0) is 0 Å². The number of terminal acetylenes is 1. The van der Waals surface area contributed by atoms with Crippen molar-refractivity contribution >= 4 is 0 Å². The predicted molar refractivity (Wildman–Crippen MR) is 55.0 cm³/mol. The minimum Gasteiger partial charge on any atom is -0.380 e. The highest BCUT2D eigenvalue weighted by Crippen LogP contribution is 2.35. The molecular weight excluding hydrogens is 160 g/mol. The molecule has 1 rings (SSSR count). The molecule has 0 aromatic rings. The van der Waals surface area contributed by atoms with E-state index in [2.05, 4.69) is 32.8 Å². The van der Waals surface area contributed by atoms with Crippen molar-refractivity contribution in [1.29, 1.82) is 0 Å². The second-order valence-corrected chi connectivity index (χ2v) is 4.24. The molecule has 1 heteroatoms. The summed E-state index contributed by atoms with van der Waals surface area (Å²) in [5.74, 6) is 3.56. The molecule has 0 spiro atoms. The van der Waals surface area contributed by atoms with E-state index in [4.69, 9.17) is 6.42 Å². The van der Waals surface area contributed by atoms with Crippen LogP contribution in [0.4, 0.5) is 0 Å². The number of aliphatic hydroxyl groups is 1. The molecule has 0 aromatic carbocycles. The highest BCUT2D eigenvalue weighted by molar-refractivity contribution is 5.12. The van der Waals surface area contributed by atoms with Crippen molar-refractivity contribution < 1.29 is 5.11 Å². The number of hydrogen-bond donors (Lipinski definition) is 1. The summed E-state index contributed by atoms with van der Waals surface area (Å²) in [7, 11) is 0. The van der Waals surface area contributed by atoms with Crippen LogP contribution in [0.1, 0.15) is 27.2 Å². The maximum atomic E-state index is 9.64. The third kappa shape index (κ3) is 2.14. The lowest BCUT2D eigenvalue weighted by Crippen LogP contribution is -2.33. The average molecular weight is 178 g/mol. The number of aliphatic hydroxyl groups excluding tert-OH is 1. The maximum Gasteiger partial charge on any atom is 0.118 e. The summed E-state index contributed by atoms with van der Waals surface area (Å²) in [5, 5.41) is 9.64. The molecular formula is C12H18O. The zero-order valence-electron chi connectivity index (χ0n) is 8.62. The molecule has 0 fully saturated rings. The first kappa shape index (κ1) is 10.3. The maximum absolute atomic E-state index is 9.64. The predicted octanol–water partition coefficient (Wildman–Crippen LogP) is 2.22. The van der Waals surface area contributed by atoms with Crippen LogP contribution in [0.5, 0.6) is 0 Å². The zero-order chi connectivity index (χ0) is 10.0. The highest BCUT2D eigenvalue weighted by atomic mass is 16.3. The first-order valence-electron chi connectivity index (χ1n) is 4.87. The Morgan fingerprint density at radius 3 is 2.69 bits per heavy atom. The molecule has 0 radical (unpaired) electrons. The van der Waals surface area contributed by atoms with Crippen LogP contribution < -0.4 is 0 Å². The van der Waals surface area contributed by atoms with Gasteiger partial charge in [-0.25, -0.2) is 0 Å². The van der Waals surface area contributed by atoms with Crippen molar-refractivity contribution in [1.82, 2.24) is 0 Å². The van der Waals surface area contributed by atoms with Gasteiger partial charge in [-0.05, 0) is 25.2 Å². The Balaban J connectivity index is 2.81. The molecule has 0 aromatic heterocycles. The van der Waals surface area contributed by atoms with Crippen molar-refractivity contribution in [3.05, 3.63) is 11.6 Å². The molecule has 0 heterocycles. The minimum atomic E-state index is -0.589. The smallest absolute Gasteiger partial charge is 0.118 e. The van der Waals surface area contributed by atoms with Gasteiger partial charge >= 0.3 is 0 Å². The summed E-state index contributed by atoms with van der Waals surface area (Å²) in [6.07, 6.45) is 7.94. The van der Waals surface area contributed by atoms with Gasteiger partial charge in [0.25, 0.3) is 0 Å². The largest absolute Gasteiger partial charge is 0.380 e. The molecule has 1 N–H and O–H groups in total. The zero-order valence-corrected chi connectivity index (χ0v) is 8.62. The lowest BCUT2D eigenvalue weighted by atomic mass is 9.72. The van der Waals surface area contributed by atoms with E-state index < -0.39 is 6.10 Å². The molecule has 0 saturated carbocycles. The third-order valence-corrected chi connectivity index (χ3v) is 2.99. The van der Waals surface area contributed by atoms with E-state index in [1.165, 1.54) is 5.57 Å². The Morgan fingerprint density at radius 1 is 1.62 bits per heavy atom. The van der Waals surface area contributed by atoms with Crippen molar-refractivity contribution in [3.8, 4) is 12.3 Å². The fraction of sp³-hybridized carbons (Fsp3) is 0.667. The lowest BCUT2D eigenvalue weighted by Gasteiger charge is -2.34. The number of hydrogen-bond acceptors (Lipinski definition) is 1. The van der Waals surface area contributed by atoms with Gasteiger partial charge in [0.2, 0.25) is 0 Å². The van der Waals surface area contributed by atoms with Gasteiger partial charge < -0.3 is 5.11 Å². The van der Waals surface area contributed by atoms with Gasteiger partial charge in [0, 0.05) is 5.92 Å². The van der Waals surface area contributed by atoms with E-state index in [-0.39, 0.29) is 5.92 Å². The Hall–Kier alpha value is -0.740. The van der Waals surface area contributed by atoms with E-state index in [9.17, 15) is 5.11 Å². The van der Waals surface area contributed by atoms with E-state index in [0.717, 1.165) is 6.42 Å². The molecule has 1 aliphatic carbocycles. The normalized spacial score (nSPS) is 36.2. The summed E-state index contributed by atoms with van der Waals surface area (Å²) in [6, 6.07) is 0. The molecule has 0 saturated heterocycles. The monoisotopic (exact) mass is 178 g/mol. The Bertz CT molecular complexity index is 246. The highest BCUT2D eigenvalue weighted by Gasteiger charge is 2.31. The average Bonchev–Trinajstić information content (AvgIpc) is 2.02. The van der Waals surface area contributed by atoms with Crippen molar-refractivity contribution in [2.45, 2.75) is 33.3 Å². The molecule has 1 nitrogen and oxygen atoms in total. The van der Waals surface area contributed by atoms with Gasteiger partial charge in [-0.15, -0.1) is 6.42 Å². The fourth-order valence-corrected chi connectivity index (χ4v) is 2.50. The quantitative estimate of drug-likeness (QED) is 0.482. The van der Waals surface area contributed by atoms with Crippen LogP contribution in [0.2, 0.25) is 0 Å². The van der Waals surface area contributed by atoms with Gasteiger partial charge in [0.1, 0.15) is 6.10 Å². The summed E-state index contributed by atoms with van der Waals surface area (Å²) in [4.78, 5) is 0. The molecule has 13 heavy (non-hydrogen) atoms. The minimum absolute atomic E-state index is 0.230. The second kappa shape index (κ2) is 3.98. The van der Waals surface area contributed by atoms with Crippen molar-refractivity contribution in [2.75, 3.05) is 0 Å². The van der Waals surface area contributed by atoms with E-state index in [1.54, 1.807) is 0 Å². The lowest BCUT2D eigenvalue weighted by molar-refractivity contribution is 0.0933. The number of allylic oxidation sites excluding steroid dienone is 2.